The first-order valence-electron chi connectivity index (χ1n) is 23.0. The Labute approximate surface area is 381 Å². The van der Waals surface area contributed by atoms with Gasteiger partial charge < -0.3 is 62.1 Å². The summed E-state index contributed by atoms with van der Waals surface area (Å²) in [5, 5.41) is 10.6. The van der Waals surface area contributed by atoms with Gasteiger partial charge in [0.15, 0.2) is 0 Å². The summed E-state index contributed by atoms with van der Waals surface area (Å²) < 4.78 is 0. The molecule has 0 unspecified atom stereocenters. The van der Waals surface area contributed by atoms with Gasteiger partial charge in [-0.25, -0.2) is 0 Å². The van der Waals surface area contributed by atoms with Crippen molar-refractivity contribution >= 4 is 59.1 Å². The molecule has 8 N–H and O–H groups in total. The van der Waals surface area contributed by atoms with Gasteiger partial charge in [0.1, 0.15) is 36.3 Å². The minimum absolute atomic E-state index is 0.203. The number of nitrogens with zero attached hydrogens (tertiary/aromatic N) is 6. The molecule has 0 bridgehead atoms. The first kappa shape index (κ1) is 52.2. The number of hydrogen-bond acceptors (Lipinski definition) is 12. The van der Waals surface area contributed by atoms with Crippen LogP contribution in [0, 0.1) is 11.8 Å². The monoisotopic (exact) mass is 917 g/mol. The molecule has 4 rings (SSSR count). The van der Waals surface area contributed by atoms with Crippen LogP contribution in [0.25, 0.3) is 0 Å². The van der Waals surface area contributed by atoms with E-state index in [2.05, 4.69) is 21.3 Å². The summed E-state index contributed by atoms with van der Waals surface area (Å²) >= 11 is 0. The lowest BCUT2D eigenvalue weighted by Gasteiger charge is -2.37. The van der Waals surface area contributed by atoms with E-state index in [4.69, 9.17) is 11.5 Å². The maximum Gasteiger partial charge on any atom is 0.243 e. The Balaban J connectivity index is 1.57. The van der Waals surface area contributed by atoms with Crippen LogP contribution in [-0.4, -0.2) is 205 Å². The molecule has 22 heteroatoms. The van der Waals surface area contributed by atoms with Crippen LogP contribution in [0.2, 0.25) is 0 Å². The highest BCUT2D eigenvalue weighted by molar-refractivity contribution is 5.96. The van der Waals surface area contributed by atoms with E-state index in [1.165, 1.54) is 47.8 Å². The van der Waals surface area contributed by atoms with Crippen molar-refractivity contribution in [1.82, 2.24) is 50.7 Å². The van der Waals surface area contributed by atoms with Gasteiger partial charge in [0.05, 0.1) is 26.2 Å². The molecule has 10 amide bonds. The standard InChI is InChI=1S/C43H72N12O10/c1-26(2)36-40(62)46-20-28(44)42(64)54-18-12-10-16-30(54)38(60)49-23-33(57)51(4)25-35(59)53(6)37(27-14-8-7-9-15-27)41(63)47-21-29(45)43(65)55-19-13-11-17-31(55)39(61)48-22-32(56)50(3)24-34(58)52(36)5/h26-31,36-37H,7-25,44-45H2,1-6H3,(H,46,62)(H,47,63)(H,48,61)(H,49,60)/t28-,29-,30+,31+,36+,37+/m1/s1. The van der Waals surface area contributed by atoms with E-state index in [9.17, 15) is 47.9 Å². The van der Waals surface area contributed by atoms with Gasteiger partial charge in [0.25, 0.3) is 0 Å². The van der Waals surface area contributed by atoms with Gasteiger partial charge in [0, 0.05) is 54.4 Å². The summed E-state index contributed by atoms with van der Waals surface area (Å²) in [7, 11) is 5.68. The van der Waals surface area contributed by atoms with Crippen molar-refractivity contribution in [2.24, 2.45) is 23.3 Å². The number of nitrogens with two attached hydrogens (primary N) is 2. The second kappa shape index (κ2) is 24.2. The topological polar surface area (TPSA) is 290 Å². The number of hydrogen-bond donors (Lipinski definition) is 6. The van der Waals surface area contributed by atoms with E-state index < -0.39 is 127 Å². The predicted molar refractivity (Wildman–Crippen MR) is 236 cm³/mol. The zero-order valence-corrected chi connectivity index (χ0v) is 39.0. The van der Waals surface area contributed by atoms with Crippen LogP contribution < -0.4 is 32.7 Å². The summed E-state index contributed by atoms with van der Waals surface area (Å²) in [6, 6.07) is -6.34. The van der Waals surface area contributed by atoms with Gasteiger partial charge in [-0.05, 0) is 63.2 Å². The molecule has 0 aromatic rings. The predicted octanol–water partition coefficient (Wildman–Crippen LogP) is -3.31. The molecule has 1 aliphatic carbocycles. The second-order valence-corrected chi connectivity index (χ2v) is 18.3. The third kappa shape index (κ3) is 13.8. The lowest BCUT2D eigenvalue weighted by Crippen LogP contribution is -2.60. The Morgan fingerprint density at radius 1 is 0.492 bits per heavy atom. The molecule has 364 valence electrons. The average Bonchev–Trinajstić information content (AvgIpc) is 3.29. The van der Waals surface area contributed by atoms with Crippen LogP contribution in [0.3, 0.4) is 0 Å². The number of nitrogens with one attached hydrogen (secondary N) is 4. The number of amides is 10. The molecule has 1 saturated carbocycles. The van der Waals surface area contributed by atoms with E-state index in [-0.39, 0.29) is 32.1 Å². The Morgan fingerprint density at radius 2 is 0.908 bits per heavy atom. The van der Waals surface area contributed by atoms with Crippen molar-refractivity contribution in [3.63, 3.8) is 0 Å². The van der Waals surface area contributed by atoms with Crippen molar-refractivity contribution in [1.29, 1.82) is 0 Å². The number of likely N-dealkylation sites (N-methyl/N-ethyl adjacent to an activating group) is 4. The fraction of sp³-hybridized carbons (Fsp3) is 0.767. The number of carbonyl (C=O) groups is 10. The maximum absolute atomic E-state index is 13.9. The zero-order chi connectivity index (χ0) is 48.1. The van der Waals surface area contributed by atoms with Crippen molar-refractivity contribution < 1.29 is 47.9 Å². The van der Waals surface area contributed by atoms with Crippen LogP contribution in [0.5, 0.6) is 0 Å². The average molecular weight is 917 g/mol. The third-order valence-electron chi connectivity index (χ3n) is 13.1. The van der Waals surface area contributed by atoms with Gasteiger partial charge >= 0.3 is 0 Å². The normalized spacial score (nSPS) is 28.8. The molecule has 0 aromatic heterocycles. The van der Waals surface area contributed by atoms with Crippen molar-refractivity contribution in [2.45, 2.75) is 121 Å². The van der Waals surface area contributed by atoms with Crippen molar-refractivity contribution in [3.05, 3.63) is 0 Å². The molecular formula is C43H72N12O10. The van der Waals surface area contributed by atoms with Crippen molar-refractivity contribution in [2.75, 3.05) is 80.5 Å². The fourth-order valence-electron chi connectivity index (χ4n) is 9.20. The lowest BCUT2D eigenvalue weighted by atomic mass is 9.82. The zero-order valence-electron chi connectivity index (χ0n) is 39.0. The highest BCUT2D eigenvalue weighted by Crippen LogP contribution is 2.29. The van der Waals surface area contributed by atoms with Crippen molar-refractivity contribution in [3.8, 4) is 0 Å². The minimum Gasteiger partial charge on any atom is -0.352 e. The molecule has 3 saturated heterocycles. The molecule has 4 aliphatic rings. The molecule has 3 aliphatic heterocycles. The molecule has 0 aromatic carbocycles. The smallest absolute Gasteiger partial charge is 0.243 e. The van der Waals surface area contributed by atoms with E-state index >= 15 is 0 Å². The molecule has 4 fully saturated rings. The number of piperidine rings is 2. The highest BCUT2D eigenvalue weighted by atomic mass is 16.2. The largest absolute Gasteiger partial charge is 0.352 e. The number of fused-ring (bicyclic) bond motifs is 2. The van der Waals surface area contributed by atoms with Gasteiger partial charge in [-0.15, -0.1) is 0 Å². The lowest BCUT2D eigenvalue weighted by molar-refractivity contribution is -0.146. The summed E-state index contributed by atoms with van der Waals surface area (Å²) in [6.45, 7) is 1.50. The Hall–Kier alpha value is -5.38. The highest BCUT2D eigenvalue weighted by Gasteiger charge is 2.40. The maximum atomic E-state index is 13.9. The van der Waals surface area contributed by atoms with Gasteiger partial charge in [0.2, 0.25) is 59.1 Å². The molecule has 0 spiro atoms. The summed E-state index contributed by atoms with van der Waals surface area (Å²) in [6.07, 6.45) is 7.12. The number of rotatable bonds is 2. The van der Waals surface area contributed by atoms with Crippen LogP contribution in [0.15, 0.2) is 0 Å². The fourth-order valence-corrected chi connectivity index (χ4v) is 9.20. The Morgan fingerprint density at radius 3 is 1.35 bits per heavy atom. The van der Waals surface area contributed by atoms with Crippen LogP contribution in [0.4, 0.5) is 0 Å². The van der Waals surface area contributed by atoms with E-state index in [0.717, 1.165) is 29.1 Å². The Bertz CT molecular complexity index is 1770. The van der Waals surface area contributed by atoms with E-state index in [1.807, 2.05) is 0 Å². The molecule has 3 heterocycles. The summed E-state index contributed by atoms with van der Waals surface area (Å²) in [5.74, 6) is -6.35. The van der Waals surface area contributed by atoms with Gasteiger partial charge in [-0.1, -0.05) is 33.1 Å². The molecule has 22 nitrogen and oxygen atoms in total. The second-order valence-electron chi connectivity index (χ2n) is 18.3. The van der Waals surface area contributed by atoms with Crippen LogP contribution in [-0.2, 0) is 47.9 Å². The SMILES string of the molecule is CC(C)[C@H]1C(=O)NC[C@@H](N)C(=O)N2CCCC[C@H]2C(=O)NCC(=O)N(C)CC(=O)N(C)[C@@H](C2CCCCC2)C(=O)NC[C@@H](N)C(=O)N2CCCC[C@H]2C(=O)NCC(=O)N(C)CC(=O)N1C. The first-order chi connectivity index (χ1) is 30.7. The summed E-state index contributed by atoms with van der Waals surface area (Å²) in [5.41, 5.74) is 12.7. The van der Waals surface area contributed by atoms with E-state index in [0.29, 0.717) is 51.4 Å². The molecule has 6 atom stereocenters. The quantitative estimate of drug-likeness (QED) is 0.159. The van der Waals surface area contributed by atoms with E-state index in [1.54, 1.807) is 13.8 Å². The van der Waals surface area contributed by atoms with Crippen LogP contribution in [0.1, 0.15) is 84.5 Å². The number of carbonyl (C=O) groups excluding carboxylic acids is 10. The van der Waals surface area contributed by atoms with Crippen LogP contribution >= 0.6 is 0 Å². The minimum atomic E-state index is -1.25. The third-order valence-corrected chi connectivity index (χ3v) is 13.1. The summed E-state index contributed by atoms with van der Waals surface area (Å²) in [4.78, 5) is 143. The molecule has 0 radical (unpaired) electrons. The van der Waals surface area contributed by atoms with Gasteiger partial charge in [-0.3, -0.25) is 47.9 Å². The van der Waals surface area contributed by atoms with Gasteiger partial charge in [-0.2, -0.15) is 0 Å². The first-order valence-corrected chi connectivity index (χ1v) is 23.0. The Kier molecular flexibility index (Phi) is 19.5. The molecule has 65 heavy (non-hydrogen) atoms. The molecular weight excluding hydrogens is 845 g/mol.